The van der Waals surface area contributed by atoms with Crippen molar-refractivity contribution in [3.8, 4) is 5.75 Å². The third-order valence-electron chi connectivity index (χ3n) is 5.10. The number of benzene rings is 2. The highest BCUT2D eigenvalue weighted by atomic mass is 32.2. The molecule has 0 radical (unpaired) electrons. The van der Waals surface area contributed by atoms with Crippen molar-refractivity contribution in [3.63, 3.8) is 0 Å². The first-order valence-corrected chi connectivity index (χ1v) is 10.9. The third-order valence-corrected chi connectivity index (χ3v) is 7.01. The van der Waals surface area contributed by atoms with Crippen LogP contribution in [0.3, 0.4) is 0 Å². The zero-order valence-electron chi connectivity index (χ0n) is 16.2. The maximum Gasteiger partial charge on any atom is 0.243 e. The molecule has 3 rings (SSSR count). The van der Waals surface area contributed by atoms with Gasteiger partial charge in [0.2, 0.25) is 10.0 Å². The molecule has 0 aromatic heterocycles. The highest BCUT2D eigenvalue weighted by molar-refractivity contribution is 7.89. The van der Waals surface area contributed by atoms with Crippen molar-refractivity contribution in [3.05, 3.63) is 54.1 Å². The summed E-state index contributed by atoms with van der Waals surface area (Å²) in [6.45, 7) is 3.37. The van der Waals surface area contributed by atoms with Crippen LogP contribution in [0.5, 0.6) is 5.75 Å². The van der Waals surface area contributed by atoms with Gasteiger partial charge in [0, 0.05) is 24.3 Å². The topological polar surface area (TPSA) is 75.7 Å². The van der Waals surface area contributed by atoms with Gasteiger partial charge in [0.25, 0.3) is 0 Å². The molecule has 28 heavy (non-hydrogen) atoms. The Morgan fingerprint density at radius 3 is 2.25 bits per heavy atom. The van der Waals surface area contributed by atoms with E-state index < -0.39 is 10.0 Å². The molecule has 1 N–H and O–H groups in total. The fraction of sp³-hybridized carbons (Fsp3) is 0.381. The molecule has 0 amide bonds. The molecule has 0 spiro atoms. The van der Waals surface area contributed by atoms with Crippen molar-refractivity contribution >= 4 is 21.5 Å². The molecule has 1 aliphatic rings. The summed E-state index contributed by atoms with van der Waals surface area (Å²) in [5.41, 5.74) is 1.29. The number of ether oxygens (including phenoxy) is 1. The lowest BCUT2D eigenvalue weighted by Crippen LogP contribution is -2.37. The number of sulfonamides is 1. The number of hydrogen-bond donors (Lipinski definition) is 1. The Bertz CT molecular complexity index is 900. The molecule has 0 aliphatic carbocycles. The van der Waals surface area contributed by atoms with E-state index in [2.05, 4.69) is 12.2 Å². The number of carbonyl (C=O) groups is 1. The van der Waals surface area contributed by atoms with E-state index in [0.29, 0.717) is 24.6 Å². The van der Waals surface area contributed by atoms with E-state index in [1.54, 1.807) is 19.2 Å². The Hall–Kier alpha value is -2.38. The second-order valence-corrected chi connectivity index (χ2v) is 9.05. The number of carbonyl (C=O) groups excluding carboxylic acids is 1. The predicted molar refractivity (Wildman–Crippen MR) is 109 cm³/mol. The minimum atomic E-state index is -3.50. The Labute approximate surface area is 166 Å². The molecule has 1 fully saturated rings. The molecule has 1 heterocycles. The monoisotopic (exact) mass is 402 g/mol. The molecule has 2 aromatic rings. The first-order valence-electron chi connectivity index (χ1n) is 9.41. The van der Waals surface area contributed by atoms with Crippen molar-refractivity contribution in [1.82, 2.24) is 4.31 Å². The molecule has 0 bridgehead atoms. The molecule has 1 aliphatic heterocycles. The van der Waals surface area contributed by atoms with Crippen molar-refractivity contribution in [2.45, 2.75) is 24.7 Å². The minimum absolute atomic E-state index is 0.105. The van der Waals surface area contributed by atoms with Gasteiger partial charge in [-0.3, -0.25) is 4.79 Å². The quantitative estimate of drug-likeness (QED) is 0.719. The van der Waals surface area contributed by atoms with Gasteiger partial charge < -0.3 is 10.1 Å². The molecule has 2 aromatic carbocycles. The first kappa shape index (κ1) is 20.4. The van der Waals surface area contributed by atoms with E-state index in [1.807, 2.05) is 24.3 Å². The number of piperidine rings is 1. The largest absolute Gasteiger partial charge is 0.497 e. The number of rotatable bonds is 7. The van der Waals surface area contributed by atoms with Crippen molar-refractivity contribution in [1.29, 1.82) is 0 Å². The maximum atomic E-state index is 12.8. The van der Waals surface area contributed by atoms with E-state index in [1.165, 1.54) is 16.4 Å². The Morgan fingerprint density at radius 1 is 1.07 bits per heavy atom. The summed E-state index contributed by atoms with van der Waals surface area (Å²) in [5.74, 6) is 1.20. The Balaban J connectivity index is 1.62. The number of methoxy groups -OCH3 is 1. The van der Waals surface area contributed by atoms with Gasteiger partial charge in [-0.25, -0.2) is 8.42 Å². The molecule has 0 unspecified atom stereocenters. The summed E-state index contributed by atoms with van der Waals surface area (Å²) < 4.78 is 32.2. The van der Waals surface area contributed by atoms with Crippen LogP contribution in [0.15, 0.2) is 53.4 Å². The Kier molecular flexibility index (Phi) is 6.36. The van der Waals surface area contributed by atoms with Crippen LogP contribution in [0.25, 0.3) is 0 Å². The van der Waals surface area contributed by atoms with E-state index >= 15 is 0 Å². The van der Waals surface area contributed by atoms with E-state index in [9.17, 15) is 13.2 Å². The lowest BCUT2D eigenvalue weighted by molar-refractivity contribution is 0.101. The summed E-state index contributed by atoms with van der Waals surface area (Å²) in [7, 11) is -1.90. The second-order valence-electron chi connectivity index (χ2n) is 7.12. The van der Waals surface area contributed by atoms with Gasteiger partial charge in [0.05, 0.1) is 18.6 Å². The molecular formula is C21H26N2O4S. The number of nitrogens with one attached hydrogen (secondary N) is 1. The standard InChI is InChI=1S/C21H26N2O4S/c1-16-11-13-23(14-12-16)28(25,26)20-9-3-17(4-10-20)21(24)15-22-18-5-7-19(27-2)8-6-18/h3-10,16,22H,11-15H2,1-2H3. The fourth-order valence-corrected chi connectivity index (χ4v) is 4.65. The zero-order valence-corrected chi connectivity index (χ0v) is 17.0. The molecule has 1 saturated heterocycles. The number of hydrogen-bond acceptors (Lipinski definition) is 5. The van der Waals surface area contributed by atoms with Gasteiger partial charge in [0.1, 0.15) is 5.75 Å². The number of ketones is 1. The van der Waals surface area contributed by atoms with Crippen molar-refractivity contribution in [2.24, 2.45) is 5.92 Å². The van der Waals surface area contributed by atoms with Crippen LogP contribution in [0.4, 0.5) is 5.69 Å². The fourth-order valence-electron chi connectivity index (χ4n) is 3.18. The van der Waals surface area contributed by atoms with Gasteiger partial charge >= 0.3 is 0 Å². The van der Waals surface area contributed by atoms with Crippen LogP contribution >= 0.6 is 0 Å². The molecule has 150 valence electrons. The average Bonchev–Trinajstić information content (AvgIpc) is 2.73. The van der Waals surface area contributed by atoms with Crippen LogP contribution in [0.2, 0.25) is 0 Å². The van der Waals surface area contributed by atoms with Gasteiger partial charge in [-0.05, 0) is 67.3 Å². The van der Waals surface area contributed by atoms with E-state index in [0.717, 1.165) is 24.3 Å². The summed E-state index contributed by atoms with van der Waals surface area (Å²) in [5, 5.41) is 3.06. The number of Topliss-reactive ketones (excluding diaryl/α,β-unsaturated/α-hetero) is 1. The summed E-state index contributed by atoms with van der Waals surface area (Å²) in [4.78, 5) is 12.6. The number of nitrogens with zero attached hydrogens (tertiary/aromatic N) is 1. The van der Waals surface area contributed by atoms with Crippen LogP contribution in [-0.4, -0.2) is 45.3 Å². The molecule has 0 saturated carbocycles. The second kappa shape index (κ2) is 8.75. The van der Waals surface area contributed by atoms with Crippen LogP contribution in [-0.2, 0) is 10.0 Å². The van der Waals surface area contributed by atoms with Gasteiger partial charge in [-0.15, -0.1) is 0 Å². The molecule has 7 heteroatoms. The smallest absolute Gasteiger partial charge is 0.243 e. The minimum Gasteiger partial charge on any atom is -0.497 e. The van der Waals surface area contributed by atoms with Crippen molar-refractivity contribution in [2.75, 3.05) is 32.1 Å². The van der Waals surface area contributed by atoms with Gasteiger partial charge in [0.15, 0.2) is 5.78 Å². The van der Waals surface area contributed by atoms with Crippen LogP contribution in [0, 0.1) is 5.92 Å². The van der Waals surface area contributed by atoms with Crippen LogP contribution < -0.4 is 10.1 Å². The van der Waals surface area contributed by atoms with Crippen LogP contribution in [0.1, 0.15) is 30.1 Å². The summed E-state index contributed by atoms with van der Waals surface area (Å²) in [6.07, 6.45) is 1.76. The summed E-state index contributed by atoms with van der Waals surface area (Å²) in [6, 6.07) is 13.5. The van der Waals surface area contributed by atoms with E-state index in [4.69, 9.17) is 4.74 Å². The third kappa shape index (κ3) is 4.72. The Morgan fingerprint density at radius 2 is 1.68 bits per heavy atom. The summed E-state index contributed by atoms with van der Waals surface area (Å²) >= 11 is 0. The predicted octanol–water partition coefficient (Wildman–Crippen LogP) is 3.41. The molecule has 0 atom stereocenters. The van der Waals surface area contributed by atoms with E-state index in [-0.39, 0.29) is 17.2 Å². The van der Waals surface area contributed by atoms with Gasteiger partial charge in [-0.2, -0.15) is 4.31 Å². The molecule has 6 nitrogen and oxygen atoms in total. The van der Waals surface area contributed by atoms with Crippen molar-refractivity contribution < 1.29 is 17.9 Å². The number of anilines is 1. The maximum absolute atomic E-state index is 12.8. The zero-order chi connectivity index (χ0) is 20.1. The highest BCUT2D eigenvalue weighted by Crippen LogP contribution is 2.23. The van der Waals surface area contributed by atoms with Gasteiger partial charge in [-0.1, -0.05) is 6.92 Å². The normalized spacial score (nSPS) is 15.9. The highest BCUT2D eigenvalue weighted by Gasteiger charge is 2.28. The SMILES string of the molecule is COc1ccc(NCC(=O)c2ccc(S(=O)(=O)N3CCC(C)CC3)cc2)cc1. The lowest BCUT2D eigenvalue weighted by atomic mass is 10.0. The lowest BCUT2D eigenvalue weighted by Gasteiger charge is -2.29. The first-order chi connectivity index (χ1) is 13.4. The average molecular weight is 403 g/mol. The molecular weight excluding hydrogens is 376 g/mol.